The summed E-state index contributed by atoms with van der Waals surface area (Å²) in [4.78, 5) is 25.6. The van der Waals surface area contributed by atoms with Gasteiger partial charge >= 0.3 is 0 Å². The summed E-state index contributed by atoms with van der Waals surface area (Å²) < 4.78 is 0. The molecular formula is C21H37NO2. The van der Waals surface area contributed by atoms with Crippen LogP contribution in [0.5, 0.6) is 0 Å². The van der Waals surface area contributed by atoms with Crippen molar-refractivity contribution in [1.82, 2.24) is 4.90 Å². The Labute approximate surface area is 149 Å². The van der Waals surface area contributed by atoms with Crippen molar-refractivity contribution in [3.63, 3.8) is 0 Å². The molecule has 1 aliphatic rings. The van der Waals surface area contributed by atoms with Crippen molar-refractivity contribution in [2.45, 2.75) is 75.7 Å². The molecule has 0 spiro atoms. The van der Waals surface area contributed by atoms with Crippen LogP contribution in [0.4, 0.5) is 0 Å². The minimum absolute atomic E-state index is 0.246. The number of rotatable bonds is 3. The van der Waals surface area contributed by atoms with E-state index >= 15 is 0 Å². The van der Waals surface area contributed by atoms with Crippen LogP contribution in [-0.4, -0.2) is 16.7 Å². The largest absolute Gasteiger partial charge is 0.268 e. The summed E-state index contributed by atoms with van der Waals surface area (Å²) in [5.74, 6) is -0.492. The molecule has 0 aromatic heterocycles. The Bertz CT molecular complexity index is 450. The Morgan fingerprint density at radius 2 is 1.21 bits per heavy atom. The van der Waals surface area contributed by atoms with Crippen molar-refractivity contribution >= 4 is 11.8 Å². The molecule has 0 aromatic rings. The number of carbonyl (C=O) groups is 2. The minimum atomic E-state index is -0.246. The van der Waals surface area contributed by atoms with Crippen LogP contribution >= 0.6 is 0 Å². The van der Waals surface area contributed by atoms with Crippen LogP contribution < -0.4 is 0 Å². The summed E-state index contributed by atoms with van der Waals surface area (Å²) in [7, 11) is 0. The number of carbonyl (C=O) groups excluding carboxylic acids is 2. The second-order valence-corrected chi connectivity index (χ2v) is 3.87. The Hall–Kier alpha value is -1.90. The van der Waals surface area contributed by atoms with Crippen LogP contribution in [-0.2, 0) is 9.59 Å². The average molecular weight is 336 g/mol. The van der Waals surface area contributed by atoms with Gasteiger partial charge in [0.15, 0.2) is 0 Å². The molecule has 0 saturated carbocycles. The Balaban J connectivity index is -0.000000659. The fourth-order valence-corrected chi connectivity index (χ4v) is 1.89. The first-order valence-corrected chi connectivity index (χ1v) is 9.16. The molecule has 24 heavy (non-hydrogen) atoms. The number of imide groups is 1. The van der Waals surface area contributed by atoms with E-state index in [1.54, 1.807) is 32.1 Å². The fraction of sp³-hybridized carbons (Fsp3) is 0.524. The van der Waals surface area contributed by atoms with E-state index in [0.717, 1.165) is 6.42 Å². The summed E-state index contributed by atoms with van der Waals surface area (Å²) in [6.07, 6.45) is 9.74. The van der Waals surface area contributed by atoms with E-state index in [1.165, 1.54) is 4.90 Å². The lowest BCUT2D eigenvalue weighted by atomic mass is 10.1. The number of hydrogen-bond acceptors (Lipinski definition) is 2. The van der Waals surface area contributed by atoms with Gasteiger partial charge in [0, 0.05) is 16.8 Å². The Morgan fingerprint density at radius 3 is 1.46 bits per heavy atom. The highest BCUT2D eigenvalue weighted by Crippen LogP contribution is 2.28. The Kier molecular flexibility index (Phi) is 19.6. The van der Waals surface area contributed by atoms with Crippen LogP contribution in [0, 0.1) is 0 Å². The molecule has 1 fully saturated rings. The van der Waals surface area contributed by atoms with Crippen molar-refractivity contribution in [1.29, 1.82) is 0 Å². The standard InChI is InChI=1S/C15H19NO2.3C2H6/c1-5-9-10-11(6-2)16-14(17)12(7-3)13(8-4)15(16)18;3*1-2/h6-10H,5H2,1-4H3;3*1-2H3/b10-9-,11-6+,12-7+,13-8+;;;. The van der Waals surface area contributed by atoms with Crippen molar-refractivity contribution in [3.8, 4) is 0 Å². The summed E-state index contributed by atoms with van der Waals surface area (Å²) in [5.41, 5.74) is 1.58. The molecule has 0 unspecified atom stereocenters. The van der Waals surface area contributed by atoms with Gasteiger partial charge in [-0.05, 0) is 33.3 Å². The average Bonchev–Trinajstić information content (AvgIpc) is 2.90. The lowest BCUT2D eigenvalue weighted by Gasteiger charge is -2.13. The predicted octanol–water partition coefficient (Wildman–Crippen LogP) is 6.20. The van der Waals surface area contributed by atoms with Crippen LogP contribution in [0.25, 0.3) is 0 Å². The molecule has 1 aliphatic heterocycles. The van der Waals surface area contributed by atoms with Gasteiger partial charge in [0.1, 0.15) is 0 Å². The van der Waals surface area contributed by atoms with Gasteiger partial charge in [-0.15, -0.1) is 0 Å². The molecule has 1 heterocycles. The van der Waals surface area contributed by atoms with Gasteiger partial charge in [0.2, 0.25) is 0 Å². The summed E-state index contributed by atoms with van der Waals surface area (Å²) in [6.45, 7) is 19.4. The predicted molar refractivity (Wildman–Crippen MR) is 107 cm³/mol. The SMILES string of the molecule is C/C=C1/C(=O)N(C(/C=C\CC)=C/C)C(=O)/C1=C/C.CC.CC.CC. The van der Waals surface area contributed by atoms with Gasteiger partial charge in [-0.25, -0.2) is 4.90 Å². The summed E-state index contributed by atoms with van der Waals surface area (Å²) >= 11 is 0. The van der Waals surface area contributed by atoms with Crippen LogP contribution in [0.2, 0.25) is 0 Å². The van der Waals surface area contributed by atoms with Gasteiger partial charge in [-0.1, -0.05) is 72.8 Å². The van der Waals surface area contributed by atoms with Crippen molar-refractivity contribution in [2.24, 2.45) is 0 Å². The Morgan fingerprint density at radius 1 is 0.833 bits per heavy atom. The van der Waals surface area contributed by atoms with E-state index in [2.05, 4.69) is 0 Å². The number of nitrogens with zero attached hydrogens (tertiary/aromatic N) is 1. The maximum Gasteiger partial charge on any atom is 0.265 e. The molecule has 2 amide bonds. The maximum atomic E-state index is 12.2. The van der Waals surface area contributed by atoms with Crippen molar-refractivity contribution < 1.29 is 9.59 Å². The maximum absolute atomic E-state index is 12.2. The zero-order chi connectivity index (χ0) is 19.7. The normalized spacial score (nSPS) is 17.2. The van der Waals surface area contributed by atoms with Crippen LogP contribution in [0.1, 0.15) is 75.7 Å². The lowest BCUT2D eigenvalue weighted by molar-refractivity contribution is -0.133. The fourth-order valence-electron chi connectivity index (χ4n) is 1.89. The van der Waals surface area contributed by atoms with E-state index in [-0.39, 0.29) is 11.8 Å². The van der Waals surface area contributed by atoms with E-state index in [4.69, 9.17) is 0 Å². The first-order chi connectivity index (χ1) is 11.6. The second kappa shape index (κ2) is 17.5. The van der Waals surface area contributed by atoms with Gasteiger partial charge < -0.3 is 0 Å². The lowest BCUT2D eigenvalue weighted by Crippen LogP contribution is -2.28. The summed E-state index contributed by atoms with van der Waals surface area (Å²) in [6, 6.07) is 0. The molecule has 3 heteroatoms. The topological polar surface area (TPSA) is 37.4 Å². The van der Waals surface area contributed by atoms with E-state index in [1.807, 2.05) is 67.5 Å². The van der Waals surface area contributed by atoms with Crippen molar-refractivity contribution in [2.75, 3.05) is 0 Å². The highest BCUT2D eigenvalue weighted by atomic mass is 16.2. The zero-order valence-corrected chi connectivity index (χ0v) is 17.4. The van der Waals surface area contributed by atoms with Gasteiger partial charge in [0.05, 0.1) is 0 Å². The number of allylic oxidation sites excluding steroid dienone is 5. The first-order valence-electron chi connectivity index (χ1n) is 9.16. The highest BCUT2D eigenvalue weighted by Gasteiger charge is 2.38. The molecule has 0 N–H and O–H groups in total. The van der Waals surface area contributed by atoms with Crippen molar-refractivity contribution in [3.05, 3.63) is 47.2 Å². The van der Waals surface area contributed by atoms with Gasteiger partial charge in [-0.2, -0.15) is 0 Å². The van der Waals surface area contributed by atoms with Gasteiger partial charge in [-0.3, -0.25) is 9.59 Å². The molecule has 0 bridgehead atoms. The smallest absolute Gasteiger partial charge is 0.265 e. The molecule has 138 valence electrons. The molecule has 3 nitrogen and oxygen atoms in total. The third-order valence-electron chi connectivity index (χ3n) is 2.81. The number of amides is 2. The molecular weight excluding hydrogens is 298 g/mol. The highest BCUT2D eigenvalue weighted by molar-refractivity contribution is 6.25. The zero-order valence-electron chi connectivity index (χ0n) is 17.4. The second-order valence-electron chi connectivity index (χ2n) is 3.87. The number of hydrogen-bond donors (Lipinski definition) is 0. The molecule has 0 radical (unpaired) electrons. The third kappa shape index (κ3) is 7.12. The number of likely N-dealkylation sites (tertiary alicyclic amines) is 1. The van der Waals surface area contributed by atoms with Crippen LogP contribution in [0.15, 0.2) is 47.2 Å². The minimum Gasteiger partial charge on any atom is -0.268 e. The molecule has 1 rings (SSSR count). The molecule has 0 atom stereocenters. The van der Waals surface area contributed by atoms with E-state index in [0.29, 0.717) is 16.8 Å². The van der Waals surface area contributed by atoms with E-state index < -0.39 is 0 Å². The van der Waals surface area contributed by atoms with Gasteiger partial charge in [0.25, 0.3) is 11.8 Å². The third-order valence-corrected chi connectivity index (χ3v) is 2.81. The molecule has 0 aliphatic carbocycles. The quantitative estimate of drug-likeness (QED) is 0.350. The molecule has 0 aromatic carbocycles. The summed E-state index contributed by atoms with van der Waals surface area (Å²) in [5, 5.41) is 0. The van der Waals surface area contributed by atoms with E-state index in [9.17, 15) is 9.59 Å². The molecule has 1 saturated heterocycles. The first kappa shape index (κ1) is 27.0. The monoisotopic (exact) mass is 335 g/mol. The van der Waals surface area contributed by atoms with Crippen LogP contribution in [0.3, 0.4) is 0 Å².